The van der Waals surface area contributed by atoms with Crippen LogP contribution in [0.5, 0.6) is 0 Å². The molecule has 0 aliphatic carbocycles. The molecule has 1 aromatic carbocycles. The highest BCUT2D eigenvalue weighted by atomic mass is 35.5. The van der Waals surface area contributed by atoms with Gasteiger partial charge in [0.15, 0.2) is 0 Å². The Morgan fingerprint density at radius 3 is 2.78 bits per heavy atom. The number of benzene rings is 1. The number of aryl methyl sites for hydroxylation is 1. The molecule has 0 saturated heterocycles. The molecule has 3 N–H and O–H groups in total. The normalized spacial score (nSPS) is 12.4. The van der Waals surface area contributed by atoms with Gasteiger partial charge in [0, 0.05) is 16.9 Å². The Kier molecular flexibility index (Phi) is 3.91. The molecule has 0 spiro atoms. The summed E-state index contributed by atoms with van der Waals surface area (Å²) in [5.41, 5.74) is 4.93. The third-order valence-electron chi connectivity index (χ3n) is 2.79. The number of nitrogens with two attached hydrogens (primary N) is 1. The second-order valence-corrected chi connectivity index (χ2v) is 4.35. The van der Waals surface area contributed by atoms with Crippen LogP contribution in [0.25, 0.3) is 0 Å². The lowest BCUT2D eigenvalue weighted by molar-refractivity contribution is 0.603. The number of pyridine rings is 1. The summed E-state index contributed by atoms with van der Waals surface area (Å²) >= 11 is 6.09. The van der Waals surface area contributed by atoms with Crippen molar-refractivity contribution < 1.29 is 4.39 Å². The van der Waals surface area contributed by atoms with Crippen molar-refractivity contribution in [1.29, 1.82) is 0 Å². The summed E-state index contributed by atoms with van der Waals surface area (Å²) in [6.45, 7) is 1.87. The van der Waals surface area contributed by atoms with Crippen LogP contribution >= 0.6 is 11.6 Å². The summed E-state index contributed by atoms with van der Waals surface area (Å²) in [6.07, 6.45) is 1.69. The van der Waals surface area contributed by atoms with Crippen molar-refractivity contribution in [3.63, 3.8) is 0 Å². The lowest BCUT2D eigenvalue weighted by atomic mass is 9.98. The maximum atomic E-state index is 13.3. The van der Waals surface area contributed by atoms with Crippen LogP contribution in [-0.4, -0.2) is 4.98 Å². The van der Waals surface area contributed by atoms with Crippen LogP contribution in [0.3, 0.4) is 0 Å². The van der Waals surface area contributed by atoms with E-state index >= 15 is 0 Å². The molecule has 2 aromatic rings. The number of halogens is 2. The van der Waals surface area contributed by atoms with E-state index in [9.17, 15) is 4.39 Å². The fourth-order valence-electron chi connectivity index (χ4n) is 1.88. The van der Waals surface area contributed by atoms with Gasteiger partial charge >= 0.3 is 0 Å². The van der Waals surface area contributed by atoms with Gasteiger partial charge in [-0.1, -0.05) is 17.7 Å². The molecule has 2 rings (SSSR count). The lowest BCUT2D eigenvalue weighted by Gasteiger charge is -2.19. The second kappa shape index (κ2) is 5.44. The molecule has 1 heterocycles. The van der Waals surface area contributed by atoms with E-state index in [1.54, 1.807) is 12.3 Å². The molecule has 1 atom stereocenters. The molecule has 1 aromatic heterocycles. The molecule has 94 valence electrons. The topological polar surface area (TPSA) is 50.9 Å². The average Bonchev–Trinajstić information content (AvgIpc) is 2.36. The van der Waals surface area contributed by atoms with E-state index in [4.69, 9.17) is 17.4 Å². The molecule has 18 heavy (non-hydrogen) atoms. The minimum Gasteiger partial charge on any atom is -0.271 e. The van der Waals surface area contributed by atoms with E-state index in [2.05, 4.69) is 10.4 Å². The maximum absolute atomic E-state index is 13.3. The van der Waals surface area contributed by atoms with Crippen molar-refractivity contribution in [2.24, 2.45) is 5.84 Å². The molecule has 0 amide bonds. The van der Waals surface area contributed by atoms with Crippen LogP contribution in [0.15, 0.2) is 36.5 Å². The van der Waals surface area contributed by atoms with E-state index in [-0.39, 0.29) is 11.9 Å². The van der Waals surface area contributed by atoms with Crippen LogP contribution in [-0.2, 0) is 0 Å². The first-order chi connectivity index (χ1) is 8.63. The van der Waals surface area contributed by atoms with Gasteiger partial charge in [-0.15, -0.1) is 0 Å². The summed E-state index contributed by atoms with van der Waals surface area (Å²) in [7, 11) is 0. The standard InChI is InChI=1S/C13H13ClFN3/c1-8-10(3-2-6-17-8)13(18-16)11-7-9(15)4-5-12(11)14/h2-7,13,18H,16H2,1H3. The van der Waals surface area contributed by atoms with E-state index in [1.165, 1.54) is 18.2 Å². The number of nitrogens with one attached hydrogen (secondary N) is 1. The molecular formula is C13H13ClFN3. The molecule has 0 aliphatic rings. The maximum Gasteiger partial charge on any atom is 0.123 e. The highest BCUT2D eigenvalue weighted by Crippen LogP contribution is 2.29. The lowest BCUT2D eigenvalue weighted by Crippen LogP contribution is -2.29. The Balaban J connectivity index is 2.52. The number of hydrogen-bond donors (Lipinski definition) is 2. The van der Waals surface area contributed by atoms with Crippen molar-refractivity contribution in [1.82, 2.24) is 10.4 Å². The predicted molar refractivity (Wildman–Crippen MR) is 69.6 cm³/mol. The first-order valence-electron chi connectivity index (χ1n) is 5.46. The van der Waals surface area contributed by atoms with Crippen molar-refractivity contribution >= 4 is 11.6 Å². The van der Waals surface area contributed by atoms with E-state index in [0.29, 0.717) is 10.6 Å². The summed E-state index contributed by atoms with van der Waals surface area (Å²) in [6, 6.07) is 7.51. The Morgan fingerprint density at radius 1 is 1.33 bits per heavy atom. The summed E-state index contributed by atoms with van der Waals surface area (Å²) in [5.74, 6) is 5.22. The fraction of sp³-hybridized carbons (Fsp3) is 0.154. The quantitative estimate of drug-likeness (QED) is 0.663. The van der Waals surface area contributed by atoms with Crippen molar-refractivity contribution in [2.75, 3.05) is 0 Å². The Hall–Kier alpha value is -1.49. The van der Waals surface area contributed by atoms with Crippen LogP contribution in [0.4, 0.5) is 4.39 Å². The zero-order valence-corrected chi connectivity index (χ0v) is 10.6. The molecular weight excluding hydrogens is 253 g/mol. The molecule has 0 bridgehead atoms. The van der Waals surface area contributed by atoms with Crippen molar-refractivity contribution in [3.8, 4) is 0 Å². The monoisotopic (exact) mass is 265 g/mol. The smallest absolute Gasteiger partial charge is 0.123 e. The van der Waals surface area contributed by atoms with Gasteiger partial charge < -0.3 is 0 Å². The molecule has 5 heteroatoms. The first-order valence-corrected chi connectivity index (χ1v) is 5.84. The fourth-order valence-corrected chi connectivity index (χ4v) is 2.11. The third kappa shape index (κ3) is 2.51. The second-order valence-electron chi connectivity index (χ2n) is 3.94. The predicted octanol–water partition coefficient (Wildman–Crippen LogP) is 2.74. The van der Waals surface area contributed by atoms with E-state index in [0.717, 1.165) is 11.3 Å². The minimum absolute atomic E-state index is 0.351. The number of hydrogen-bond acceptors (Lipinski definition) is 3. The highest BCUT2D eigenvalue weighted by Gasteiger charge is 2.18. The molecule has 0 saturated carbocycles. The van der Waals surface area contributed by atoms with Gasteiger partial charge in [-0.05, 0) is 42.3 Å². The zero-order chi connectivity index (χ0) is 13.1. The van der Waals surface area contributed by atoms with Gasteiger partial charge in [-0.3, -0.25) is 10.8 Å². The van der Waals surface area contributed by atoms with E-state index in [1.807, 2.05) is 13.0 Å². The van der Waals surface area contributed by atoms with Gasteiger partial charge in [0.2, 0.25) is 0 Å². The number of aromatic nitrogens is 1. The molecule has 3 nitrogen and oxygen atoms in total. The summed E-state index contributed by atoms with van der Waals surface area (Å²) in [5, 5.41) is 0.461. The molecule has 0 fully saturated rings. The average molecular weight is 266 g/mol. The van der Waals surface area contributed by atoms with Crippen molar-refractivity contribution in [2.45, 2.75) is 13.0 Å². The van der Waals surface area contributed by atoms with Gasteiger partial charge in [-0.2, -0.15) is 0 Å². The number of nitrogens with zero attached hydrogens (tertiary/aromatic N) is 1. The van der Waals surface area contributed by atoms with Crippen LogP contribution in [0.2, 0.25) is 5.02 Å². The highest BCUT2D eigenvalue weighted by molar-refractivity contribution is 6.31. The Bertz CT molecular complexity index is 560. The minimum atomic E-state index is -0.387. The van der Waals surface area contributed by atoms with E-state index < -0.39 is 0 Å². The van der Waals surface area contributed by atoms with Crippen molar-refractivity contribution in [3.05, 3.63) is 64.2 Å². The first kappa shape index (κ1) is 13.0. The molecule has 1 unspecified atom stereocenters. The number of rotatable bonds is 3. The Labute approximate surface area is 110 Å². The van der Waals surface area contributed by atoms with Crippen LogP contribution in [0, 0.1) is 12.7 Å². The van der Waals surface area contributed by atoms with Crippen LogP contribution in [0.1, 0.15) is 22.9 Å². The van der Waals surface area contributed by atoms with Gasteiger partial charge in [-0.25, -0.2) is 9.82 Å². The van der Waals surface area contributed by atoms with Crippen LogP contribution < -0.4 is 11.3 Å². The third-order valence-corrected chi connectivity index (χ3v) is 3.14. The molecule has 0 aliphatic heterocycles. The molecule has 0 radical (unpaired) electrons. The summed E-state index contributed by atoms with van der Waals surface area (Å²) < 4.78 is 13.3. The SMILES string of the molecule is Cc1ncccc1C(NN)c1cc(F)ccc1Cl. The Morgan fingerprint density at radius 2 is 2.11 bits per heavy atom. The number of hydrazine groups is 1. The zero-order valence-electron chi connectivity index (χ0n) is 9.82. The largest absolute Gasteiger partial charge is 0.271 e. The summed E-state index contributed by atoms with van der Waals surface area (Å²) in [4.78, 5) is 4.19. The van der Waals surface area contributed by atoms with Gasteiger partial charge in [0.05, 0.1) is 6.04 Å². The van der Waals surface area contributed by atoms with Gasteiger partial charge in [0.25, 0.3) is 0 Å². The van der Waals surface area contributed by atoms with Gasteiger partial charge in [0.1, 0.15) is 5.82 Å².